The maximum atomic E-state index is 13.7. The molecule has 0 aliphatic carbocycles. The van der Waals surface area contributed by atoms with Gasteiger partial charge in [0.15, 0.2) is 0 Å². The molecule has 0 atom stereocenters. The van der Waals surface area contributed by atoms with Crippen LogP contribution in [0.5, 0.6) is 0 Å². The highest BCUT2D eigenvalue weighted by Crippen LogP contribution is 2.25. The van der Waals surface area contributed by atoms with Gasteiger partial charge in [0.1, 0.15) is 11.6 Å². The van der Waals surface area contributed by atoms with Crippen LogP contribution in [0.25, 0.3) is 11.3 Å². The smallest absolute Gasteiger partial charge is 0.143 e. The minimum absolute atomic E-state index is 0.0941. The van der Waals surface area contributed by atoms with E-state index in [0.29, 0.717) is 27.8 Å². The highest BCUT2D eigenvalue weighted by molar-refractivity contribution is 6.30. The fourth-order valence-corrected chi connectivity index (χ4v) is 1.78. The van der Waals surface area contributed by atoms with Crippen molar-refractivity contribution in [2.45, 2.75) is 13.3 Å². The zero-order chi connectivity index (χ0) is 13.1. The Bertz CT molecular complexity index is 635. The zero-order valence-corrected chi connectivity index (χ0v) is 10.4. The quantitative estimate of drug-likeness (QED) is 0.833. The van der Waals surface area contributed by atoms with Crippen molar-refractivity contribution in [1.82, 2.24) is 9.97 Å². The van der Waals surface area contributed by atoms with Crippen molar-refractivity contribution in [2.75, 3.05) is 0 Å². The first-order valence-electron chi connectivity index (χ1n) is 5.27. The number of nitrogens with zero attached hydrogens (tertiary/aromatic N) is 3. The lowest BCUT2D eigenvalue weighted by atomic mass is 10.1. The summed E-state index contributed by atoms with van der Waals surface area (Å²) in [6.07, 6.45) is 0.0941. The molecule has 0 unspecified atom stereocenters. The van der Waals surface area contributed by atoms with E-state index in [0.717, 1.165) is 0 Å². The number of nitriles is 1. The van der Waals surface area contributed by atoms with Gasteiger partial charge in [-0.25, -0.2) is 14.4 Å². The molecule has 0 saturated carbocycles. The molecule has 2 rings (SSSR count). The van der Waals surface area contributed by atoms with Crippen molar-refractivity contribution < 1.29 is 4.39 Å². The van der Waals surface area contributed by atoms with E-state index in [-0.39, 0.29) is 6.42 Å². The summed E-state index contributed by atoms with van der Waals surface area (Å²) < 4.78 is 13.7. The molecule has 0 N–H and O–H groups in total. The van der Waals surface area contributed by atoms with Crippen molar-refractivity contribution in [3.05, 3.63) is 46.6 Å². The summed E-state index contributed by atoms with van der Waals surface area (Å²) in [6.45, 7) is 1.77. The van der Waals surface area contributed by atoms with Crippen molar-refractivity contribution >= 4 is 11.6 Å². The van der Waals surface area contributed by atoms with Gasteiger partial charge in [0, 0.05) is 16.3 Å². The van der Waals surface area contributed by atoms with E-state index >= 15 is 0 Å². The third kappa shape index (κ3) is 2.63. The van der Waals surface area contributed by atoms with Crippen LogP contribution in [0.1, 0.15) is 11.5 Å². The Morgan fingerprint density at radius 2 is 2.11 bits per heavy atom. The molecule has 0 aliphatic heterocycles. The monoisotopic (exact) mass is 261 g/mol. The van der Waals surface area contributed by atoms with Gasteiger partial charge in [-0.1, -0.05) is 11.6 Å². The normalized spacial score (nSPS) is 10.1. The van der Waals surface area contributed by atoms with Gasteiger partial charge in [-0.15, -0.1) is 0 Å². The molecule has 0 bridgehead atoms. The van der Waals surface area contributed by atoms with Gasteiger partial charge in [0.05, 0.1) is 18.2 Å². The van der Waals surface area contributed by atoms with Gasteiger partial charge in [-0.2, -0.15) is 5.26 Å². The second kappa shape index (κ2) is 5.11. The van der Waals surface area contributed by atoms with Crippen molar-refractivity contribution in [3.8, 4) is 17.3 Å². The van der Waals surface area contributed by atoms with Crippen LogP contribution in [0.3, 0.4) is 0 Å². The summed E-state index contributed by atoms with van der Waals surface area (Å²) in [5, 5.41) is 9.08. The first-order valence-corrected chi connectivity index (χ1v) is 5.65. The summed E-state index contributed by atoms with van der Waals surface area (Å²) in [5.74, 6) is -0.0210. The maximum absolute atomic E-state index is 13.7. The van der Waals surface area contributed by atoms with Crippen LogP contribution in [0.4, 0.5) is 4.39 Å². The Morgan fingerprint density at radius 1 is 1.33 bits per heavy atom. The van der Waals surface area contributed by atoms with Crippen molar-refractivity contribution in [3.63, 3.8) is 0 Å². The lowest BCUT2D eigenvalue weighted by molar-refractivity contribution is 0.630. The molecule has 2 aromatic rings. The van der Waals surface area contributed by atoms with Crippen molar-refractivity contribution in [1.29, 1.82) is 5.26 Å². The predicted octanol–water partition coefficient (Wildman–Crippen LogP) is 3.31. The van der Waals surface area contributed by atoms with E-state index in [2.05, 4.69) is 9.97 Å². The van der Waals surface area contributed by atoms with E-state index in [1.807, 2.05) is 6.07 Å². The van der Waals surface area contributed by atoms with E-state index in [4.69, 9.17) is 16.9 Å². The highest BCUT2D eigenvalue weighted by Gasteiger charge is 2.10. The lowest BCUT2D eigenvalue weighted by Crippen LogP contribution is -1.99. The number of aryl methyl sites for hydroxylation is 1. The minimum Gasteiger partial charge on any atom is -0.237 e. The Labute approximate surface area is 109 Å². The van der Waals surface area contributed by atoms with Crippen LogP contribution in [0.15, 0.2) is 24.3 Å². The third-order valence-electron chi connectivity index (χ3n) is 2.34. The predicted molar refractivity (Wildman–Crippen MR) is 66.5 cm³/mol. The Balaban J connectivity index is 2.56. The first kappa shape index (κ1) is 12.5. The average Bonchev–Trinajstić information content (AvgIpc) is 2.32. The van der Waals surface area contributed by atoms with E-state index in [9.17, 15) is 4.39 Å². The van der Waals surface area contributed by atoms with Gasteiger partial charge < -0.3 is 0 Å². The standard InChI is InChI=1S/C13H9ClFN3/c1-8-6-12(18-13(17-8)4-5-16)10-7-9(14)2-3-11(10)15/h2-3,6-7H,4H2,1H3. The molecule has 90 valence electrons. The maximum Gasteiger partial charge on any atom is 0.143 e. The topological polar surface area (TPSA) is 49.6 Å². The zero-order valence-electron chi connectivity index (χ0n) is 9.61. The largest absolute Gasteiger partial charge is 0.237 e. The van der Waals surface area contributed by atoms with Crippen LogP contribution in [-0.2, 0) is 6.42 Å². The van der Waals surface area contributed by atoms with Crippen LogP contribution in [0, 0.1) is 24.1 Å². The summed E-state index contributed by atoms with van der Waals surface area (Å²) in [6, 6.07) is 7.91. The number of hydrogen-bond acceptors (Lipinski definition) is 3. The van der Waals surface area contributed by atoms with E-state index in [1.165, 1.54) is 18.2 Å². The number of aromatic nitrogens is 2. The minimum atomic E-state index is -0.402. The van der Waals surface area contributed by atoms with Crippen molar-refractivity contribution in [2.24, 2.45) is 0 Å². The molecule has 5 heteroatoms. The molecular weight excluding hydrogens is 253 g/mol. The fraction of sp³-hybridized carbons (Fsp3) is 0.154. The molecule has 0 fully saturated rings. The fourth-order valence-electron chi connectivity index (χ4n) is 1.61. The molecule has 1 heterocycles. The van der Waals surface area contributed by atoms with Gasteiger partial charge in [-0.05, 0) is 31.2 Å². The molecule has 1 aromatic heterocycles. The molecule has 0 aliphatic rings. The van der Waals surface area contributed by atoms with Crippen LogP contribution >= 0.6 is 11.6 Å². The summed E-state index contributed by atoms with van der Waals surface area (Å²) in [4.78, 5) is 8.28. The summed E-state index contributed by atoms with van der Waals surface area (Å²) in [7, 11) is 0. The van der Waals surface area contributed by atoms with Crippen LogP contribution < -0.4 is 0 Å². The molecule has 0 spiro atoms. The molecule has 0 saturated heterocycles. The summed E-state index contributed by atoms with van der Waals surface area (Å²) >= 11 is 5.85. The molecule has 1 aromatic carbocycles. The molecule has 18 heavy (non-hydrogen) atoms. The average molecular weight is 262 g/mol. The van der Waals surface area contributed by atoms with Gasteiger partial charge >= 0.3 is 0 Å². The molecule has 0 amide bonds. The molecule has 0 radical (unpaired) electrons. The SMILES string of the molecule is Cc1cc(-c2cc(Cl)ccc2F)nc(CC#N)n1. The highest BCUT2D eigenvalue weighted by atomic mass is 35.5. The molecule has 3 nitrogen and oxygen atoms in total. The van der Waals surface area contributed by atoms with E-state index < -0.39 is 5.82 Å². The second-order valence-electron chi connectivity index (χ2n) is 3.77. The van der Waals surface area contributed by atoms with Crippen LogP contribution in [0.2, 0.25) is 5.02 Å². The number of halogens is 2. The Hall–Kier alpha value is -1.99. The Morgan fingerprint density at radius 3 is 2.83 bits per heavy atom. The first-order chi connectivity index (χ1) is 8.60. The third-order valence-corrected chi connectivity index (χ3v) is 2.58. The molecular formula is C13H9ClFN3. The number of hydrogen-bond donors (Lipinski definition) is 0. The van der Waals surface area contributed by atoms with Gasteiger partial charge in [0.2, 0.25) is 0 Å². The van der Waals surface area contributed by atoms with Gasteiger partial charge in [-0.3, -0.25) is 0 Å². The van der Waals surface area contributed by atoms with Crippen LogP contribution in [-0.4, -0.2) is 9.97 Å². The summed E-state index contributed by atoms with van der Waals surface area (Å²) in [5.41, 5.74) is 1.43. The second-order valence-corrected chi connectivity index (χ2v) is 4.21. The van der Waals surface area contributed by atoms with E-state index in [1.54, 1.807) is 13.0 Å². The number of benzene rings is 1. The Kier molecular flexibility index (Phi) is 3.54. The lowest BCUT2D eigenvalue weighted by Gasteiger charge is -2.06. The van der Waals surface area contributed by atoms with Gasteiger partial charge in [0.25, 0.3) is 0 Å². The number of rotatable bonds is 2.